The molecule has 0 saturated carbocycles. The van der Waals surface area contributed by atoms with Crippen LogP contribution in [0.5, 0.6) is 0 Å². The van der Waals surface area contributed by atoms with Crippen LogP contribution >= 0.6 is 0 Å². The predicted octanol–water partition coefficient (Wildman–Crippen LogP) is 2.74. The van der Waals surface area contributed by atoms with Crippen LogP contribution in [-0.2, 0) is 23.8 Å². The minimum atomic E-state index is -1.27. The van der Waals surface area contributed by atoms with Crippen LogP contribution in [0.25, 0.3) is 0 Å². The summed E-state index contributed by atoms with van der Waals surface area (Å²) in [4.78, 5) is 28.8. The normalized spacial score (nSPS) is 20.4. The lowest BCUT2D eigenvalue weighted by Gasteiger charge is -2.30. The molecule has 0 radical (unpaired) electrons. The Morgan fingerprint density at radius 1 is 1.25 bits per heavy atom. The lowest BCUT2D eigenvalue weighted by molar-refractivity contribution is -0.222. The average molecular weight is 387 g/mol. The highest BCUT2D eigenvalue weighted by molar-refractivity contribution is 6.19. The number of cyclic esters (lactones) is 2. The Balaban J connectivity index is 1.82. The number of aromatic nitrogens is 1. The molecule has 1 N–H and O–H groups in total. The van der Waals surface area contributed by atoms with Crippen molar-refractivity contribution in [3.63, 3.8) is 0 Å². The Hall–Kier alpha value is -2.74. The van der Waals surface area contributed by atoms with Crippen molar-refractivity contribution in [2.45, 2.75) is 45.8 Å². The van der Waals surface area contributed by atoms with Gasteiger partial charge in [-0.15, -0.1) is 0 Å². The van der Waals surface area contributed by atoms with Crippen LogP contribution in [0.3, 0.4) is 0 Å². The van der Waals surface area contributed by atoms with Crippen LogP contribution in [0.4, 0.5) is 5.82 Å². The third-order valence-electron chi connectivity index (χ3n) is 4.49. The largest absolute Gasteiger partial charge is 0.419 e. The van der Waals surface area contributed by atoms with Crippen molar-refractivity contribution in [3.8, 4) is 0 Å². The maximum atomic E-state index is 12.3. The fraction of sp³-hybridized carbons (Fsp3) is 0.500. The smallest absolute Gasteiger partial charge is 0.348 e. The third kappa shape index (κ3) is 5.39. The number of hydrazone groups is 1. The number of hydrogen-bond acceptors (Lipinski definition) is 8. The number of carbonyl (C=O) groups excluding carboxylic acids is 2. The zero-order valence-corrected chi connectivity index (χ0v) is 16.4. The van der Waals surface area contributed by atoms with Gasteiger partial charge in [-0.25, -0.2) is 14.6 Å². The van der Waals surface area contributed by atoms with Crippen molar-refractivity contribution in [1.82, 2.24) is 4.98 Å². The SMILES string of the molecule is Cc1ccc(N/N=C(\C=C2C(=O)OC(C)(C)OC2=O)CC2CCOCC2)nc1. The number of ether oxygens (including phenoxy) is 3. The van der Waals surface area contributed by atoms with Gasteiger partial charge in [-0.2, -0.15) is 5.10 Å². The van der Waals surface area contributed by atoms with E-state index in [9.17, 15) is 9.59 Å². The van der Waals surface area contributed by atoms with Crippen molar-refractivity contribution in [2.75, 3.05) is 18.6 Å². The van der Waals surface area contributed by atoms with Crippen LogP contribution in [0.15, 0.2) is 35.1 Å². The van der Waals surface area contributed by atoms with Crippen molar-refractivity contribution >= 4 is 23.5 Å². The molecule has 2 saturated heterocycles. The Morgan fingerprint density at radius 2 is 1.93 bits per heavy atom. The molecule has 0 amide bonds. The van der Waals surface area contributed by atoms with Gasteiger partial charge in [0.05, 0.1) is 5.71 Å². The summed E-state index contributed by atoms with van der Waals surface area (Å²) in [6, 6.07) is 3.73. The molecule has 2 aliphatic rings. The van der Waals surface area contributed by atoms with Crippen LogP contribution in [0.2, 0.25) is 0 Å². The number of carbonyl (C=O) groups is 2. The summed E-state index contributed by atoms with van der Waals surface area (Å²) in [5, 5.41) is 4.39. The molecule has 8 heteroatoms. The summed E-state index contributed by atoms with van der Waals surface area (Å²) in [7, 11) is 0. The van der Waals surface area contributed by atoms with Crippen molar-refractivity contribution in [3.05, 3.63) is 35.5 Å². The maximum Gasteiger partial charge on any atom is 0.348 e. The van der Waals surface area contributed by atoms with Gasteiger partial charge in [-0.1, -0.05) is 6.07 Å². The molecule has 0 spiro atoms. The molecule has 3 heterocycles. The molecule has 0 aromatic carbocycles. The molecule has 8 nitrogen and oxygen atoms in total. The number of rotatable bonds is 5. The molecular formula is C20H25N3O5. The van der Waals surface area contributed by atoms with E-state index in [2.05, 4.69) is 15.5 Å². The highest BCUT2D eigenvalue weighted by Crippen LogP contribution is 2.24. The first-order valence-corrected chi connectivity index (χ1v) is 9.34. The summed E-state index contributed by atoms with van der Waals surface area (Å²) >= 11 is 0. The molecule has 2 aliphatic heterocycles. The number of hydrogen-bond donors (Lipinski definition) is 1. The lowest BCUT2D eigenvalue weighted by atomic mass is 9.93. The molecule has 0 atom stereocenters. The topological polar surface area (TPSA) is 99.1 Å². The van der Waals surface area contributed by atoms with Crippen molar-refractivity contribution in [1.29, 1.82) is 0 Å². The number of pyridine rings is 1. The summed E-state index contributed by atoms with van der Waals surface area (Å²) in [5.74, 6) is -1.77. The lowest BCUT2D eigenvalue weighted by Crippen LogP contribution is -2.42. The number of allylic oxidation sites excluding steroid dienone is 1. The van der Waals surface area contributed by atoms with Crippen LogP contribution in [0.1, 0.15) is 38.7 Å². The van der Waals surface area contributed by atoms with Gasteiger partial charge in [0.15, 0.2) is 0 Å². The number of nitrogens with zero attached hydrogens (tertiary/aromatic N) is 2. The van der Waals surface area contributed by atoms with Gasteiger partial charge in [0.2, 0.25) is 0 Å². The Labute approximate surface area is 164 Å². The number of esters is 2. The Morgan fingerprint density at radius 3 is 2.54 bits per heavy atom. The minimum absolute atomic E-state index is 0.163. The third-order valence-corrected chi connectivity index (χ3v) is 4.49. The van der Waals surface area contributed by atoms with E-state index in [1.165, 1.54) is 19.9 Å². The van der Waals surface area contributed by atoms with E-state index in [-0.39, 0.29) is 5.57 Å². The number of nitrogens with one attached hydrogen (secondary N) is 1. The van der Waals surface area contributed by atoms with E-state index in [1.807, 2.05) is 19.1 Å². The van der Waals surface area contributed by atoms with Gasteiger partial charge < -0.3 is 14.2 Å². The van der Waals surface area contributed by atoms with Crippen molar-refractivity contribution < 1.29 is 23.8 Å². The van der Waals surface area contributed by atoms with Gasteiger partial charge in [0.25, 0.3) is 5.79 Å². The van der Waals surface area contributed by atoms with Gasteiger partial charge >= 0.3 is 11.9 Å². The number of aryl methyl sites for hydroxylation is 1. The fourth-order valence-corrected chi connectivity index (χ4v) is 2.99. The molecule has 1 aromatic heterocycles. The second kappa shape index (κ2) is 8.52. The van der Waals surface area contributed by atoms with Gasteiger partial charge in [-0.3, -0.25) is 5.43 Å². The molecule has 2 fully saturated rings. The summed E-state index contributed by atoms with van der Waals surface area (Å²) in [6.07, 6.45) is 5.55. The maximum absolute atomic E-state index is 12.3. The minimum Gasteiger partial charge on any atom is -0.419 e. The quantitative estimate of drug-likeness (QED) is 0.273. The van der Waals surface area contributed by atoms with Crippen LogP contribution < -0.4 is 5.43 Å². The Kier molecular flexibility index (Phi) is 6.08. The van der Waals surface area contributed by atoms with E-state index in [0.717, 1.165) is 18.4 Å². The molecule has 28 heavy (non-hydrogen) atoms. The van der Waals surface area contributed by atoms with E-state index >= 15 is 0 Å². The zero-order valence-electron chi connectivity index (χ0n) is 16.4. The molecule has 1 aromatic rings. The monoisotopic (exact) mass is 387 g/mol. The average Bonchev–Trinajstić information content (AvgIpc) is 2.64. The second-order valence-corrected chi connectivity index (χ2v) is 7.43. The summed E-state index contributed by atoms with van der Waals surface area (Å²) in [5.41, 5.74) is 4.32. The highest BCUT2D eigenvalue weighted by atomic mass is 16.7. The standard InChI is InChI=1S/C20H25N3O5/c1-13-4-5-17(21-12-13)23-22-15(10-14-6-8-26-9-7-14)11-16-18(24)27-20(2,3)28-19(16)25/h4-5,11-12,14H,6-10H2,1-3H3,(H,21,23)/b22-15-. The first-order valence-electron chi connectivity index (χ1n) is 9.34. The molecule has 3 rings (SSSR count). The summed E-state index contributed by atoms with van der Waals surface area (Å²) < 4.78 is 15.7. The van der Waals surface area contributed by atoms with Gasteiger partial charge in [-0.05, 0) is 49.8 Å². The number of anilines is 1. The van der Waals surface area contributed by atoms with E-state index in [4.69, 9.17) is 14.2 Å². The van der Waals surface area contributed by atoms with E-state index in [1.54, 1.807) is 6.20 Å². The Bertz CT molecular complexity index is 771. The molecule has 0 bridgehead atoms. The van der Waals surface area contributed by atoms with Gasteiger partial charge in [0.1, 0.15) is 11.4 Å². The first kappa shape index (κ1) is 20.0. The van der Waals surface area contributed by atoms with Crippen LogP contribution in [-0.4, -0.2) is 41.6 Å². The predicted molar refractivity (Wildman–Crippen MR) is 103 cm³/mol. The fourth-order valence-electron chi connectivity index (χ4n) is 2.99. The molecule has 0 unspecified atom stereocenters. The van der Waals surface area contributed by atoms with E-state index < -0.39 is 17.7 Å². The highest BCUT2D eigenvalue weighted by Gasteiger charge is 2.39. The van der Waals surface area contributed by atoms with Gasteiger partial charge in [0, 0.05) is 33.3 Å². The van der Waals surface area contributed by atoms with Crippen molar-refractivity contribution in [2.24, 2.45) is 11.0 Å². The molecule has 0 aliphatic carbocycles. The zero-order chi connectivity index (χ0) is 20.1. The van der Waals surface area contributed by atoms with E-state index in [0.29, 0.717) is 37.1 Å². The second-order valence-electron chi connectivity index (χ2n) is 7.43. The summed E-state index contributed by atoms with van der Waals surface area (Å²) in [6.45, 7) is 6.37. The first-order chi connectivity index (χ1) is 13.3. The molecule has 150 valence electrons. The van der Waals surface area contributed by atoms with Crippen LogP contribution in [0, 0.1) is 12.8 Å². The molecular weight excluding hydrogens is 362 g/mol.